The predicted octanol–water partition coefficient (Wildman–Crippen LogP) is 7.63. The molecule has 0 atom stereocenters. The summed E-state index contributed by atoms with van der Waals surface area (Å²) in [6, 6.07) is 22.0. The maximum atomic E-state index is 12.7. The molecule has 0 radical (unpaired) electrons. The molecule has 5 aromatic rings. The number of fused-ring (bicyclic) bond motifs is 1. The van der Waals surface area contributed by atoms with E-state index in [9.17, 15) is 4.79 Å². The number of rotatable bonds is 5. The first-order chi connectivity index (χ1) is 16.4. The van der Waals surface area contributed by atoms with Crippen LogP contribution < -0.4 is 5.32 Å². The highest BCUT2D eigenvalue weighted by Crippen LogP contribution is 2.31. The number of furan rings is 1. The van der Waals surface area contributed by atoms with E-state index in [2.05, 4.69) is 63.3 Å². The molecule has 1 N–H and O–H groups in total. The Hall–Kier alpha value is -3.70. The maximum Gasteiger partial charge on any atom is 0.291 e. The molecule has 0 saturated heterocycles. The minimum atomic E-state index is -0.258. The number of hydrogen-bond acceptors (Lipinski definition) is 4. The largest absolute Gasteiger partial charge is 0.456 e. The maximum absolute atomic E-state index is 12.7. The lowest BCUT2D eigenvalue weighted by Crippen LogP contribution is -2.10. The smallest absolute Gasteiger partial charge is 0.291 e. The van der Waals surface area contributed by atoms with E-state index in [0.717, 1.165) is 21.8 Å². The number of amides is 1. The van der Waals surface area contributed by atoms with Gasteiger partial charge in [0, 0.05) is 17.7 Å². The first-order valence-electron chi connectivity index (χ1n) is 11.3. The number of thiazole rings is 1. The van der Waals surface area contributed by atoms with Crippen molar-refractivity contribution in [2.75, 3.05) is 5.32 Å². The van der Waals surface area contributed by atoms with Crippen LogP contribution in [0.2, 0.25) is 0 Å². The van der Waals surface area contributed by atoms with E-state index in [4.69, 9.17) is 9.40 Å². The topological polar surface area (TPSA) is 55.1 Å². The molecule has 0 fully saturated rings. The second-order valence-corrected chi connectivity index (χ2v) is 9.87. The zero-order valence-corrected chi connectivity index (χ0v) is 20.5. The summed E-state index contributed by atoms with van der Waals surface area (Å²) in [6.45, 7) is 8.42. The van der Waals surface area contributed by atoms with Crippen molar-refractivity contribution in [2.24, 2.45) is 0 Å². The van der Waals surface area contributed by atoms with Gasteiger partial charge >= 0.3 is 0 Å². The number of hydrogen-bond donors (Lipinski definition) is 1. The second kappa shape index (κ2) is 8.92. The summed E-state index contributed by atoms with van der Waals surface area (Å²) in [5.41, 5.74) is 8.95. The Balaban J connectivity index is 1.28. The van der Waals surface area contributed by atoms with Crippen molar-refractivity contribution in [3.63, 3.8) is 0 Å². The van der Waals surface area contributed by atoms with Gasteiger partial charge < -0.3 is 9.73 Å². The third-order valence-corrected chi connectivity index (χ3v) is 7.08. The van der Waals surface area contributed by atoms with Crippen LogP contribution >= 0.6 is 11.3 Å². The standard InChI is InChI=1S/C29H26N2O2S/c1-17-5-11-25-27(15-17)34-29(31-25)21-6-8-22(9-7-21)30-28(32)26-12-10-23(33-26)16-24-19(3)13-18(2)14-20(24)4/h5-15H,16H2,1-4H3,(H,30,32). The molecular formula is C29H26N2O2S. The zero-order valence-electron chi connectivity index (χ0n) is 19.7. The van der Waals surface area contributed by atoms with Crippen molar-refractivity contribution < 1.29 is 9.21 Å². The van der Waals surface area contributed by atoms with Crippen molar-refractivity contribution in [3.05, 3.63) is 106 Å². The van der Waals surface area contributed by atoms with E-state index < -0.39 is 0 Å². The SMILES string of the molecule is Cc1cc(C)c(Cc2ccc(C(=O)Nc3ccc(-c4nc5ccc(C)cc5s4)cc3)o2)c(C)c1. The van der Waals surface area contributed by atoms with E-state index in [1.54, 1.807) is 17.4 Å². The van der Waals surface area contributed by atoms with E-state index in [0.29, 0.717) is 17.9 Å². The summed E-state index contributed by atoms with van der Waals surface area (Å²) in [7, 11) is 0. The molecule has 0 aliphatic rings. The fraction of sp³-hybridized carbons (Fsp3) is 0.172. The summed E-state index contributed by atoms with van der Waals surface area (Å²) >= 11 is 1.67. The van der Waals surface area contributed by atoms with Gasteiger partial charge in [-0.05, 0) is 98.5 Å². The first kappa shape index (κ1) is 22.1. The number of carbonyl (C=O) groups excluding carboxylic acids is 1. The summed E-state index contributed by atoms with van der Waals surface area (Å²) in [5, 5.41) is 3.90. The molecule has 0 saturated carbocycles. The lowest BCUT2D eigenvalue weighted by atomic mass is 9.97. The van der Waals surface area contributed by atoms with Crippen molar-refractivity contribution in [3.8, 4) is 10.6 Å². The van der Waals surface area contributed by atoms with Crippen LogP contribution in [0, 0.1) is 27.7 Å². The van der Waals surface area contributed by atoms with Crippen LogP contribution in [-0.2, 0) is 6.42 Å². The van der Waals surface area contributed by atoms with Gasteiger partial charge in [0.15, 0.2) is 5.76 Å². The minimum absolute atomic E-state index is 0.258. The van der Waals surface area contributed by atoms with Gasteiger partial charge in [0.05, 0.1) is 10.2 Å². The van der Waals surface area contributed by atoms with E-state index >= 15 is 0 Å². The molecule has 0 aliphatic carbocycles. The average molecular weight is 467 g/mol. The fourth-order valence-electron chi connectivity index (χ4n) is 4.30. The molecule has 0 unspecified atom stereocenters. The number of nitrogens with one attached hydrogen (secondary N) is 1. The van der Waals surface area contributed by atoms with Crippen LogP contribution in [0.1, 0.15) is 44.1 Å². The second-order valence-electron chi connectivity index (χ2n) is 8.84. The Kier molecular flexibility index (Phi) is 5.80. The molecule has 0 aliphatic heterocycles. The third kappa shape index (κ3) is 4.52. The molecule has 2 heterocycles. The van der Waals surface area contributed by atoms with Crippen molar-refractivity contribution in [2.45, 2.75) is 34.1 Å². The third-order valence-electron chi connectivity index (χ3n) is 6.01. The van der Waals surface area contributed by atoms with Gasteiger partial charge in [-0.3, -0.25) is 4.79 Å². The Morgan fingerprint density at radius 2 is 1.62 bits per heavy atom. The van der Waals surface area contributed by atoms with Gasteiger partial charge in [0.1, 0.15) is 10.8 Å². The van der Waals surface area contributed by atoms with E-state index in [1.807, 2.05) is 30.3 Å². The van der Waals surface area contributed by atoms with Crippen LogP contribution in [0.5, 0.6) is 0 Å². The van der Waals surface area contributed by atoms with E-state index in [-0.39, 0.29) is 5.91 Å². The molecule has 5 rings (SSSR count). The molecule has 170 valence electrons. The number of aryl methyl sites for hydroxylation is 4. The lowest BCUT2D eigenvalue weighted by Gasteiger charge is -2.10. The van der Waals surface area contributed by atoms with Gasteiger partial charge in [0.25, 0.3) is 5.91 Å². The Bertz CT molecular complexity index is 1490. The highest BCUT2D eigenvalue weighted by molar-refractivity contribution is 7.21. The Morgan fingerprint density at radius 1 is 0.882 bits per heavy atom. The summed E-state index contributed by atoms with van der Waals surface area (Å²) in [6.07, 6.45) is 0.668. The van der Waals surface area contributed by atoms with Gasteiger partial charge in [-0.1, -0.05) is 23.8 Å². The average Bonchev–Trinajstić information content (AvgIpc) is 3.43. The number of aromatic nitrogens is 1. The van der Waals surface area contributed by atoms with Gasteiger partial charge in [-0.15, -0.1) is 11.3 Å². The molecule has 2 aromatic heterocycles. The quantitative estimate of drug-likeness (QED) is 0.290. The van der Waals surface area contributed by atoms with Gasteiger partial charge in [-0.25, -0.2) is 4.98 Å². The fourth-order valence-corrected chi connectivity index (χ4v) is 5.37. The molecule has 1 amide bonds. The highest BCUT2D eigenvalue weighted by atomic mass is 32.1. The van der Waals surface area contributed by atoms with Crippen LogP contribution in [0.25, 0.3) is 20.8 Å². The van der Waals surface area contributed by atoms with Crippen molar-refractivity contribution >= 4 is 33.1 Å². The number of nitrogens with zero attached hydrogens (tertiary/aromatic N) is 1. The van der Waals surface area contributed by atoms with Crippen molar-refractivity contribution in [1.82, 2.24) is 4.98 Å². The minimum Gasteiger partial charge on any atom is -0.456 e. The van der Waals surface area contributed by atoms with Crippen LogP contribution in [-0.4, -0.2) is 10.9 Å². The molecule has 5 heteroatoms. The molecular weight excluding hydrogens is 440 g/mol. The predicted molar refractivity (Wildman–Crippen MR) is 140 cm³/mol. The summed E-state index contributed by atoms with van der Waals surface area (Å²) in [4.78, 5) is 17.5. The number of benzene rings is 3. The van der Waals surface area contributed by atoms with E-state index in [1.165, 1.54) is 32.5 Å². The lowest BCUT2D eigenvalue weighted by molar-refractivity contribution is 0.0995. The van der Waals surface area contributed by atoms with Gasteiger partial charge in [0.2, 0.25) is 0 Å². The molecule has 34 heavy (non-hydrogen) atoms. The van der Waals surface area contributed by atoms with Crippen molar-refractivity contribution in [1.29, 1.82) is 0 Å². The summed E-state index contributed by atoms with van der Waals surface area (Å²) < 4.78 is 7.06. The number of carbonyl (C=O) groups is 1. The highest BCUT2D eigenvalue weighted by Gasteiger charge is 2.14. The molecule has 0 spiro atoms. The zero-order chi connectivity index (χ0) is 23.8. The van der Waals surface area contributed by atoms with Crippen LogP contribution in [0.4, 0.5) is 5.69 Å². The number of anilines is 1. The monoisotopic (exact) mass is 466 g/mol. The molecule has 3 aromatic carbocycles. The Labute approximate surface area is 203 Å². The normalized spacial score (nSPS) is 11.2. The molecule has 0 bridgehead atoms. The Morgan fingerprint density at radius 3 is 2.35 bits per heavy atom. The van der Waals surface area contributed by atoms with Crippen LogP contribution in [0.3, 0.4) is 0 Å². The summed E-state index contributed by atoms with van der Waals surface area (Å²) in [5.74, 6) is 0.830. The van der Waals surface area contributed by atoms with Gasteiger partial charge in [-0.2, -0.15) is 0 Å². The first-order valence-corrected chi connectivity index (χ1v) is 12.1. The molecule has 4 nitrogen and oxygen atoms in total. The van der Waals surface area contributed by atoms with Crippen LogP contribution in [0.15, 0.2) is 71.1 Å².